The molecule has 0 aromatic rings. The van der Waals surface area contributed by atoms with Crippen molar-refractivity contribution in [3.8, 4) is 12.3 Å². The lowest BCUT2D eigenvalue weighted by molar-refractivity contribution is -0.119. The van der Waals surface area contributed by atoms with Gasteiger partial charge in [0.1, 0.15) is 5.54 Å². The van der Waals surface area contributed by atoms with Crippen LogP contribution in [0.25, 0.3) is 0 Å². The fourth-order valence-electron chi connectivity index (χ4n) is 1.22. The molecule has 3 nitrogen and oxygen atoms in total. The summed E-state index contributed by atoms with van der Waals surface area (Å²) in [5.74, 6) is 3.90. The third-order valence-electron chi connectivity index (χ3n) is 2.36. The number of nitrogens with one attached hydrogen (secondary N) is 1. The number of carbonyl (C=O) groups excluding carboxylic acids is 1. The van der Waals surface area contributed by atoms with Gasteiger partial charge in [-0.25, -0.2) is 0 Å². The molecule has 0 unspecified atom stereocenters. The van der Waals surface area contributed by atoms with Crippen molar-refractivity contribution >= 4 is 17.7 Å². The zero-order valence-corrected chi connectivity index (χ0v) is 10.3. The molecular weight excluding hydrogens is 208 g/mol. The van der Waals surface area contributed by atoms with Crippen LogP contribution in [0.2, 0.25) is 0 Å². The highest BCUT2D eigenvalue weighted by atomic mass is 32.2. The monoisotopic (exact) mass is 228 g/mol. The predicted molar refractivity (Wildman–Crippen MR) is 66.7 cm³/mol. The minimum Gasteiger partial charge on any atom is -0.339 e. The van der Waals surface area contributed by atoms with Crippen LogP contribution in [0.1, 0.15) is 26.7 Å². The van der Waals surface area contributed by atoms with Gasteiger partial charge in [-0.3, -0.25) is 4.79 Å². The summed E-state index contributed by atoms with van der Waals surface area (Å²) < 4.78 is 0. The average molecular weight is 228 g/mol. The van der Waals surface area contributed by atoms with Crippen LogP contribution >= 0.6 is 11.8 Å². The van der Waals surface area contributed by atoms with Crippen LogP contribution in [0.15, 0.2) is 0 Å². The van der Waals surface area contributed by atoms with E-state index in [0.29, 0.717) is 12.3 Å². The second-order valence-corrected chi connectivity index (χ2v) is 4.43. The Labute approximate surface area is 96.6 Å². The Morgan fingerprint density at radius 2 is 2.13 bits per heavy atom. The highest BCUT2D eigenvalue weighted by Crippen LogP contribution is 2.13. The molecule has 0 aliphatic rings. The average Bonchev–Trinajstić information content (AvgIpc) is 2.26. The van der Waals surface area contributed by atoms with Crippen molar-refractivity contribution in [2.24, 2.45) is 5.73 Å². The Morgan fingerprint density at radius 1 is 1.53 bits per heavy atom. The van der Waals surface area contributed by atoms with E-state index in [9.17, 15) is 4.79 Å². The molecule has 0 saturated carbocycles. The molecule has 0 bridgehead atoms. The second-order valence-electron chi connectivity index (χ2n) is 3.32. The number of terminal acetylenes is 1. The molecule has 3 N–H and O–H groups in total. The van der Waals surface area contributed by atoms with Gasteiger partial charge in [-0.05, 0) is 12.8 Å². The van der Waals surface area contributed by atoms with Crippen molar-refractivity contribution in [3.05, 3.63) is 0 Å². The van der Waals surface area contributed by atoms with Gasteiger partial charge in [0.05, 0.1) is 5.75 Å². The maximum atomic E-state index is 11.5. The highest BCUT2D eigenvalue weighted by molar-refractivity contribution is 7.99. The van der Waals surface area contributed by atoms with Crippen LogP contribution in [-0.4, -0.2) is 29.5 Å². The van der Waals surface area contributed by atoms with E-state index in [-0.39, 0.29) is 5.91 Å². The SMILES string of the molecule is C#CC(CC)(CC)NC(=O)CSCCN. The minimum absolute atomic E-state index is 0.00454. The van der Waals surface area contributed by atoms with Gasteiger partial charge in [-0.15, -0.1) is 6.42 Å². The lowest BCUT2D eigenvalue weighted by Crippen LogP contribution is -2.47. The summed E-state index contributed by atoms with van der Waals surface area (Å²) in [7, 11) is 0. The van der Waals surface area contributed by atoms with E-state index in [2.05, 4.69) is 11.2 Å². The quantitative estimate of drug-likeness (QED) is 0.504. The van der Waals surface area contributed by atoms with E-state index in [0.717, 1.165) is 18.6 Å². The van der Waals surface area contributed by atoms with E-state index < -0.39 is 5.54 Å². The van der Waals surface area contributed by atoms with Crippen molar-refractivity contribution in [1.29, 1.82) is 0 Å². The van der Waals surface area contributed by atoms with Crippen molar-refractivity contribution in [3.63, 3.8) is 0 Å². The number of rotatable bonds is 7. The van der Waals surface area contributed by atoms with Crippen molar-refractivity contribution in [2.75, 3.05) is 18.1 Å². The van der Waals surface area contributed by atoms with Crippen LogP contribution < -0.4 is 11.1 Å². The Kier molecular flexibility index (Phi) is 7.27. The molecule has 0 fully saturated rings. The molecule has 86 valence electrons. The van der Waals surface area contributed by atoms with E-state index >= 15 is 0 Å². The Balaban J connectivity index is 4.08. The van der Waals surface area contributed by atoms with Crippen LogP contribution in [0, 0.1) is 12.3 Å². The molecule has 0 aromatic carbocycles. The fraction of sp³-hybridized carbons (Fsp3) is 0.727. The van der Waals surface area contributed by atoms with Gasteiger partial charge >= 0.3 is 0 Å². The molecule has 0 radical (unpaired) electrons. The summed E-state index contributed by atoms with van der Waals surface area (Å²) in [5, 5.41) is 2.90. The molecule has 1 amide bonds. The van der Waals surface area contributed by atoms with Crippen LogP contribution in [0.5, 0.6) is 0 Å². The summed E-state index contributed by atoms with van der Waals surface area (Å²) >= 11 is 1.53. The zero-order chi connectivity index (χ0) is 11.7. The lowest BCUT2D eigenvalue weighted by Gasteiger charge is -2.26. The fourth-order valence-corrected chi connectivity index (χ4v) is 1.79. The number of amides is 1. The molecule has 0 aromatic heterocycles. The lowest BCUT2D eigenvalue weighted by atomic mass is 9.94. The third-order valence-corrected chi connectivity index (χ3v) is 3.35. The maximum Gasteiger partial charge on any atom is 0.231 e. The van der Waals surface area contributed by atoms with E-state index in [4.69, 9.17) is 12.2 Å². The summed E-state index contributed by atoms with van der Waals surface area (Å²) in [6, 6.07) is 0. The topological polar surface area (TPSA) is 55.1 Å². The summed E-state index contributed by atoms with van der Waals surface area (Å²) in [6.45, 7) is 4.56. The zero-order valence-electron chi connectivity index (χ0n) is 9.51. The van der Waals surface area contributed by atoms with Crippen molar-refractivity contribution in [1.82, 2.24) is 5.32 Å². The highest BCUT2D eigenvalue weighted by Gasteiger charge is 2.24. The predicted octanol–water partition coefficient (Wildman–Crippen LogP) is 0.986. The van der Waals surface area contributed by atoms with E-state index in [1.807, 2.05) is 13.8 Å². The number of hydrogen-bond donors (Lipinski definition) is 2. The van der Waals surface area contributed by atoms with Gasteiger partial charge < -0.3 is 11.1 Å². The first-order valence-corrected chi connectivity index (χ1v) is 6.36. The maximum absolute atomic E-state index is 11.5. The van der Waals surface area contributed by atoms with Gasteiger partial charge in [0.25, 0.3) is 0 Å². The van der Waals surface area contributed by atoms with Gasteiger partial charge in [0.2, 0.25) is 5.91 Å². The number of carbonyl (C=O) groups is 1. The van der Waals surface area contributed by atoms with Gasteiger partial charge in [-0.2, -0.15) is 11.8 Å². The van der Waals surface area contributed by atoms with Crippen LogP contribution in [0.3, 0.4) is 0 Å². The summed E-state index contributed by atoms with van der Waals surface area (Å²) in [4.78, 5) is 11.5. The first-order chi connectivity index (χ1) is 7.14. The molecule has 0 aliphatic heterocycles. The largest absolute Gasteiger partial charge is 0.339 e. The Morgan fingerprint density at radius 3 is 2.53 bits per heavy atom. The van der Waals surface area contributed by atoms with Crippen LogP contribution in [-0.2, 0) is 4.79 Å². The van der Waals surface area contributed by atoms with E-state index in [1.165, 1.54) is 11.8 Å². The minimum atomic E-state index is -0.472. The van der Waals surface area contributed by atoms with Gasteiger partial charge in [-0.1, -0.05) is 19.8 Å². The molecule has 0 saturated heterocycles. The van der Waals surface area contributed by atoms with Gasteiger partial charge in [0.15, 0.2) is 0 Å². The molecule has 0 heterocycles. The first-order valence-electron chi connectivity index (χ1n) is 5.20. The molecule has 0 atom stereocenters. The molecular formula is C11H20N2OS. The number of hydrogen-bond acceptors (Lipinski definition) is 3. The smallest absolute Gasteiger partial charge is 0.231 e. The summed E-state index contributed by atoms with van der Waals surface area (Å²) in [5.41, 5.74) is 4.86. The molecule has 0 spiro atoms. The standard InChI is InChI=1S/C11H20N2OS/c1-4-11(5-2,6-3)13-10(14)9-15-8-7-12/h1H,5-9,12H2,2-3H3,(H,13,14). The van der Waals surface area contributed by atoms with Crippen LogP contribution in [0.4, 0.5) is 0 Å². The molecule has 0 aliphatic carbocycles. The van der Waals surface area contributed by atoms with Crippen molar-refractivity contribution < 1.29 is 4.79 Å². The Hall–Kier alpha value is -0.660. The normalized spacial score (nSPS) is 10.8. The summed E-state index contributed by atoms with van der Waals surface area (Å²) in [6.07, 6.45) is 6.95. The Bertz CT molecular complexity index is 231. The number of thioether (sulfide) groups is 1. The van der Waals surface area contributed by atoms with E-state index in [1.54, 1.807) is 0 Å². The van der Waals surface area contributed by atoms with Gasteiger partial charge in [0, 0.05) is 12.3 Å². The first kappa shape index (κ1) is 14.3. The molecule has 15 heavy (non-hydrogen) atoms. The van der Waals surface area contributed by atoms with Crippen molar-refractivity contribution in [2.45, 2.75) is 32.2 Å². The molecule has 4 heteroatoms. The third kappa shape index (κ3) is 5.10. The number of nitrogens with two attached hydrogens (primary N) is 1. The molecule has 0 rings (SSSR count). The second kappa shape index (κ2) is 7.61.